The lowest BCUT2D eigenvalue weighted by molar-refractivity contribution is 0.145. The van der Waals surface area contributed by atoms with E-state index in [0.717, 1.165) is 5.56 Å². The van der Waals surface area contributed by atoms with Crippen molar-refractivity contribution in [1.82, 2.24) is 19.6 Å². The fourth-order valence-corrected chi connectivity index (χ4v) is 3.42. The van der Waals surface area contributed by atoms with Gasteiger partial charge in [-0.25, -0.2) is 9.50 Å². The van der Waals surface area contributed by atoms with Crippen molar-refractivity contribution < 1.29 is 5.11 Å². The normalized spacial score (nSPS) is 16.2. The smallest absolute Gasteiger partial charge is 0.266 e. The maximum absolute atomic E-state index is 11.9. The highest BCUT2D eigenvalue weighted by atomic mass is 16.3. The van der Waals surface area contributed by atoms with Crippen molar-refractivity contribution in [2.45, 2.75) is 45.1 Å². The van der Waals surface area contributed by atoms with Crippen molar-refractivity contribution in [3.05, 3.63) is 46.2 Å². The van der Waals surface area contributed by atoms with Gasteiger partial charge in [-0.2, -0.15) is 4.98 Å². The highest BCUT2D eigenvalue weighted by Gasteiger charge is 2.22. The van der Waals surface area contributed by atoms with Crippen LogP contribution in [-0.4, -0.2) is 43.9 Å². The minimum atomic E-state index is -0.272. The van der Waals surface area contributed by atoms with Crippen LogP contribution in [-0.2, 0) is 5.41 Å². The number of hydrogen-bond acceptors (Lipinski definition) is 5. The molecule has 3 heterocycles. The summed E-state index contributed by atoms with van der Waals surface area (Å²) >= 11 is 0. The Balaban J connectivity index is 1.78. The number of aliphatic hydroxyl groups is 1. The van der Waals surface area contributed by atoms with Crippen LogP contribution < -0.4 is 10.5 Å². The number of rotatable bonds is 2. The number of benzene rings is 1. The minimum absolute atomic E-state index is 0.0804. The Morgan fingerprint density at radius 2 is 1.78 bits per heavy atom. The summed E-state index contributed by atoms with van der Waals surface area (Å²) in [7, 11) is 0. The van der Waals surface area contributed by atoms with E-state index >= 15 is 0 Å². The molecule has 7 heteroatoms. The molecule has 0 atom stereocenters. The zero-order valence-corrected chi connectivity index (χ0v) is 15.9. The van der Waals surface area contributed by atoms with Crippen LogP contribution in [0.5, 0.6) is 0 Å². The summed E-state index contributed by atoms with van der Waals surface area (Å²) in [6.45, 7) is 7.92. The maximum Gasteiger partial charge on any atom is 0.266 e. The van der Waals surface area contributed by atoms with E-state index < -0.39 is 0 Å². The number of H-pyrrole nitrogens is 1. The highest BCUT2D eigenvalue weighted by molar-refractivity contribution is 5.61. The lowest BCUT2D eigenvalue weighted by Gasteiger charge is -2.30. The Morgan fingerprint density at radius 1 is 1.11 bits per heavy atom. The standard InChI is InChI=1S/C20H25N5O2/c1-20(2,3)14-6-4-13(5-7-14)18-21-16-12-17(27)23-25(16)19(22-18)24-10-8-15(26)9-11-24/h4-7,12,15,26H,8-11H2,1-3H3,(H,23,27). The van der Waals surface area contributed by atoms with Crippen LogP contribution >= 0.6 is 0 Å². The number of anilines is 1. The van der Waals surface area contributed by atoms with Crippen LogP contribution in [0.2, 0.25) is 0 Å². The number of aromatic nitrogens is 4. The molecule has 2 aromatic heterocycles. The molecular weight excluding hydrogens is 342 g/mol. The Bertz CT molecular complexity index is 1010. The average Bonchev–Trinajstić information content (AvgIpc) is 3.01. The molecule has 0 saturated carbocycles. The molecule has 27 heavy (non-hydrogen) atoms. The molecule has 1 saturated heterocycles. The van der Waals surface area contributed by atoms with E-state index in [1.165, 1.54) is 11.6 Å². The van der Waals surface area contributed by atoms with Gasteiger partial charge >= 0.3 is 0 Å². The van der Waals surface area contributed by atoms with E-state index in [1.807, 2.05) is 12.1 Å². The van der Waals surface area contributed by atoms with Crippen LogP contribution in [0, 0.1) is 0 Å². The molecule has 0 unspecified atom stereocenters. The number of hydrogen-bond donors (Lipinski definition) is 2. The van der Waals surface area contributed by atoms with Crippen molar-refractivity contribution in [3.63, 3.8) is 0 Å². The van der Waals surface area contributed by atoms with Gasteiger partial charge in [-0.15, -0.1) is 0 Å². The summed E-state index contributed by atoms with van der Waals surface area (Å²) in [6.07, 6.45) is 1.10. The summed E-state index contributed by atoms with van der Waals surface area (Å²) in [5.41, 5.74) is 2.58. The molecule has 2 N–H and O–H groups in total. The molecule has 1 aliphatic heterocycles. The second-order valence-electron chi connectivity index (χ2n) is 8.21. The molecule has 0 radical (unpaired) electrons. The van der Waals surface area contributed by atoms with Gasteiger partial charge in [0.25, 0.3) is 5.56 Å². The largest absolute Gasteiger partial charge is 0.393 e. The highest BCUT2D eigenvalue weighted by Crippen LogP contribution is 2.26. The van der Waals surface area contributed by atoms with Gasteiger partial charge in [0.05, 0.1) is 6.10 Å². The number of aromatic amines is 1. The fourth-order valence-electron chi connectivity index (χ4n) is 3.42. The van der Waals surface area contributed by atoms with E-state index in [-0.39, 0.29) is 17.1 Å². The van der Waals surface area contributed by atoms with Crippen LogP contribution in [0.3, 0.4) is 0 Å². The average molecular weight is 367 g/mol. The Hall–Kier alpha value is -2.67. The zero-order valence-electron chi connectivity index (χ0n) is 15.9. The molecule has 1 fully saturated rings. The monoisotopic (exact) mass is 367 g/mol. The molecule has 0 aliphatic carbocycles. The second-order valence-corrected chi connectivity index (χ2v) is 8.21. The van der Waals surface area contributed by atoms with Crippen LogP contribution in [0.1, 0.15) is 39.2 Å². The van der Waals surface area contributed by atoms with Gasteiger partial charge in [0.1, 0.15) is 0 Å². The van der Waals surface area contributed by atoms with Crippen molar-refractivity contribution >= 4 is 11.6 Å². The maximum atomic E-state index is 11.9. The summed E-state index contributed by atoms with van der Waals surface area (Å²) in [6, 6.07) is 9.74. The number of nitrogens with one attached hydrogen (secondary N) is 1. The predicted molar refractivity (Wildman–Crippen MR) is 105 cm³/mol. The van der Waals surface area contributed by atoms with E-state index in [2.05, 4.69) is 47.9 Å². The van der Waals surface area contributed by atoms with Crippen molar-refractivity contribution in [2.75, 3.05) is 18.0 Å². The van der Waals surface area contributed by atoms with Gasteiger partial charge in [0.2, 0.25) is 5.95 Å². The lowest BCUT2D eigenvalue weighted by Crippen LogP contribution is -2.37. The Labute approximate surface area is 157 Å². The Morgan fingerprint density at radius 3 is 2.41 bits per heavy atom. The van der Waals surface area contributed by atoms with E-state index in [0.29, 0.717) is 43.4 Å². The Kier molecular flexibility index (Phi) is 4.26. The molecule has 3 aromatic rings. The van der Waals surface area contributed by atoms with Crippen molar-refractivity contribution in [1.29, 1.82) is 0 Å². The first-order valence-corrected chi connectivity index (χ1v) is 9.35. The van der Waals surface area contributed by atoms with Gasteiger partial charge in [0.15, 0.2) is 11.5 Å². The SMILES string of the molecule is CC(C)(C)c1ccc(-c2nc(N3CCC(O)CC3)n3[nH]c(=O)cc3n2)cc1. The summed E-state index contributed by atoms with van der Waals surface area (Å²) in [5.74, 6) is 1.25. The third-order valence-electron chi connectivity index (χ3n) is 5.09. The quantitative estimate of drug-likeness (QED) is 0.726. The van der Waals surface area contributed by atoms with Gasteiger partial charge < -0.3 is 10.0 Å². The van der Waals surface area contributed by atoms with Crippen molar-refractivity contribution in [2.24, 2.45) is 0 Å². The molecule has 1 aliphatic rings. The van der Waals surface area contributed by atoms with Gasteiger partial charge in [-0.05, 0) is 23.8 Å². The molecular formula is C20H25N5O2. The van der Waals surface area contributed by atoms with Crippen LogP contribution in [0.25, 0.3) is 17.0 Å². The molecule has 0 amide bonds. The van der Waals surface area contributed by atoms with Crippen LogP contribution in [0.4, 0.5) is 5.95 Å². The lowest BCUT2D eigenvalue weighted by atomic mass is 9.87. The number of fused-ring (bicyclic) bond motifs is 1. The van der Waals surface area contributed by atoms with Crippen LogP contribution in [0.15, 0.2) is 35.1 Å². The van der Waals surface area contributed by atoms with E-state index in [1.54, 1.807) is 4.52 Å². The molecule has 4 rings (SSSR count). The third kappa shape index (κ3) is 3.47. The summed E-state index contributed by atoms with van der Waals surface area (Å²) in [4.78, 5) is 23.3. The third-order valence-corrected chi connectivity index (χ3v) is 5.09. The zero-order chi connectivity index (χ0) is 19.2. The van der Waals surface area contributed by atoms with Crippen molar-refractivity contribution in [3.8, 4) is 11.4 Å². The van der Waals surface area contributed by atoms with E-state index in [4.69, 9.17) is 4.98 Å². The number of piperidine rings is 1. The fraction of sp³-hybridized carbons (Fsp3) is 0.450. The first-order valence-electron chi connectivity index (χ1n) is 9.35. The van der Waals surface area contributed by atoms with E-state index in [9.17, 15) is 9.90 Å². The van der Waals surface area contributed by atoms with Gasteiger partial charge in [0, 0.05) is 24.7 Å². The topological polar surface area (TPSA) is 86.5 Å². The first kappa shape index (κ1) is 17.7. The predicted octanol–water partition coefficient (Wildman–Crippen LogP) is 2.34. The molecule has 0 spiro atoms. The number of nitrogens with zero attached hydrogens (tertiary/aromatic N) is 4. The van der Waals surface area contributed by atoms with Gasteiger partial charge in [-0.1, -0.05) is 45.0 Å². The molecule has 1 aromatic carbocycles. The first-order chi connectivity index (χ1) is 12.8. The summed E-state index contributed by atoms with van der Waals surface area (Å²) in [5, 5.41) is 12.6. The second kappa shape index (κ2) is 6.49. The molecule has 142 valence electrons. The van der Waals surface area contributed by atoms with Gasteiger partial charge in [-0.3, -0.25) is 9.89 Å². The molecule has 0 bridgehead atoms. The molecule has 7 nitrogen and oxygen atoms in total. The minimum Gasteiger partial charge on any atom is -0.393 e. The number of aliphatic hydroxyl groups excluding tert-OH is 1. The summed E-state index contributed by atoms with van der Waals surface area (Å²) < 4.78 is 1.63.